The normalized spacial score (nSPS) is 9.47. The van der Waals surface area contributed by atoms with Crippen LogP contribution in [0.1, 0.15) is 10.5 Å². The predicted octanol–water partition coefficient (Wildman–Crippen LogP) is 0.873. The number of carbonyl (C=O) groups is 2. The third-order valence-corrected chi connectivity index (χ3v) is 1.64. The van der Waals surface area contributed by atoms with Gasteiger partial charge in [-0.25, -0.2) is 9.78 Å². The average Bonchev–Trinajstić information content (AvgIpc) is 2.17. The fraction of sp³-hybridized carbons (Fsp3) is 0.222. The number of anilines is 1. The van der Waals surface area contributed by atoms with Gasteiger partial charge in [0.15, 0.2) is 0 Å². The Hall–Kier alpha value is -2.11. The van der Waals surface area contributed by atoms with Gasteiger partial charge in [-0.3, -0.25) is 10.1 Å². The summed E-state index contributed by atoms with van der Waals surface area (Å²) in [6.07, 6.45) is 0.133. The molecule has 80 valence electrons. The van der Waals surface area contributed by atoms with Gasteiger partial charge in [0.25, 0.3) is 5.91 Å². The molecule has 2 N–H and O–H groups in total. The maximum atomic E-state index is 11.4. The highest BCUT2D eigenvalue weighted by Crippen LogP contribution is 2.06. The average molecular weight is 209 g/mol. The van der Waals surface area contributed by atoms with Crippen LogP contribution in [0.25, 0.3) is 0 Å². The molecule has 6 nitrogen and oxygen atoms in total. The molecule has 0 aliphatic carbocycles. The van der Waals surface area contributed by atoms with E-state index in [2.05, 4.69) is 10.3 Å². The number of carboxylic acid groups (broad SMARTS) is 1. The molecule has 0 bridgehead atoms. The summed E-state index contributed by atoms with van der Waals surface area (Å²) in [6.45, 7) is 0. The first-order valence-electron chi connectivity index (χ1n) is 4.18. The van der Waals surface area contributed by atoms with E-state index in [-0.39, 0.29) is 11.6 Å². The van der Waals surface area contributed by atoms with Crippen molar-refractivity contribution in [1.29, 1.82) is 0 Å². The van der Waals surface area contributed by atoms with E-state index in [4.69, 9.17) is 5.11 Å². The molecule has 1 heterocycles. The van der Waals surface area contributed by atoms with Crippen molar-refractivity contribution in [3.8, 4) is 0 Å². The molecule has 6 heteroatoms. The van der Waals surface area contributed by atoms with Gasteiger partial charge < -0.3 is 10.0 Å². The minimum Gasteiger partial charge on any atom is -0.465 e. The second-order valence-electron chi connectivity index (χ2n) is 3.06. The van der Waals surface area contributed by atoms with Gasteiger partial charge in [0, 0.05) is 14.1 Å². The third kappa shape index (κ3) is 2.94. The summed E-state index contributed by atoms with van der Waals surface area (Å²) in [7, 11) is 3.24. The zero-order chi connectivity index (χ0) is 11.4. The molecule has 0 fully saturated rings. The van der Waals surface area contributed by atoms with E-state index in [1.165, 1.54) is 23.2 Å². The van der Waals surface area contributed by atoms with Crippen LogP contribution in [0.4, 0.5) is 10.5 Å². The van der Waals surface area contributed by atoms with Crippen molar-refractivity contribution in [3.63, 3.8) is 0 Å². The standard InChI is InChI=1S/C9H11N3O3/c1-12(2)8(13)7-4-3-6(5-10-7)11-9(14)15/h3-5,11H,1-2H3,(H,14,15). The van der Waals surface area contributed by atoms with Crippen molar-refractivity contribution < 1.29 is 14.7 Å². The molecule has 0 radical (unpaired) electrons. The fourth-order valence-electron chi connectivity index (χ4n) is 0.947. The molecule has 0 aliphatic heterocycles. The second kappa shape index (κ2) is 4.41. The van der Waals surface area contributed by atoms with Crippen molar-refractivity contribution in [2.75, 3.05) is 19.4 Å². The molecule has 1 rings (SSSR count). The first-order chi connectivity index (χ1) is 7.00. The number of aromatic nitrogens is 1. The molecule has 0 aromatic carbocycles. The van der Waals surface area contributed by atoms with Crippen molar-refractivity contribution in [3.05, 3.63) is 24.0 Å². The highest BCUT2D eigenvalue weighted by molar-refractivity contribution is 5.92. The minimum atomic E-state index is -1.16. The Morgan fingerprint density at radius 2 is 2.07 bits per heavy atom. The van der Waals surface area contributed by atoms with Gasteiger partial charge >= 0.3 is 6.09 Å². The summed E-state index contributed by atoms with van der Waals surface area (Å²) in [5.41, 5.74) is 0.605. The van der Waals surface area contributed by atoms with Gasteiger partial charge in [-0.15, -0.1) is 0 Å². The SMILES string of the molecule is CN(C)C(=O)c1ccc(NC(=O)O)cn1. The lowest BCUT2D eigenvalue weighted by atomic mass is 10.3. The molecular formula is C9H11N3O3. The Balaban J connectivity index is 2.81. The monoisotopic (exact) mass is 209 g/mol. The number of rotatable bonds is 2. The molecule has 15 heavy (non-hydrogen) atoms. The highest BCUT2D eigenvalue weighted by Gasteiger charge is 2.09. The Bertz CT molecular complexity index is 373. The molecule has 0 saturated heterocycles. The Morgan fingerprint density at radius 3 is 2.47 bits per heavy atom. The van der Waals surface area contributed by atoms with E-state index in [0.29, 0.717) is 5.69 Å². The molecule has 0 aliphatic rings. The lowest BCUT2D eigenvalue weighted by Gasteiger charge is -2.09. The molecule has 0 atom stereocenters. The van der Waals surface area contributed by atoms with Crippen LogP contribution in [-0.2, 0) is 0 Å². The summed E-state index contributed by atoms with van der Waals surface area (Å²) in [5, 5.41) is 10.5. The summed E-state index contributed by atoms with van der Waals surface area (Å²) >= 11 is 0. The van der Waals surface area contributed by atoms with Crippen molar-refractivity contribution in [2.45, 2.75) is 0 Å². The van der Waals surface area contributed by atoms with Crippen LogP contribution in [0.5, 0.6) is 0 Å². The first-order valence-corrected chi connectivity index (χ1v) is 4.18. The zero-order valence-electron chi connectivity index (χ0n) is 8.39. The molecule has 2 amide bonds. The second-order valence-corrected chi connectivity index (χ2v) is 3.06. The van der Waals surface area contributed by atoms with Gasteiger partial charge in [-0.2, -0.15) is 0 Å². The topological polar surface area (TPSA) is 82.5 Å². The summed E-state index contributed by atoms with van der Waals surface area (Å²) < 4.78 is 0. The molecular weight excluding hydrogens is 198 g/mol. The maximum absolute atomic E-state index is 11.4. The van der Waals surface area contributed by atoms with Gasteiger partial charge in [0.05, 0.1) is 11.9 Å². The maximum Gasteiger partial charge on any atom is 0.409 e. The number of nitrogens with one attached hydrogen (secondary N) is 1. The van der Waals surface area contributed by atoms with Crippen LogP contribution >= 0.6 is 0 Å². The van der Waals surface area contributed by atoms with Crippen LogP contribution in [0.3, 0.4) is 0 Å². The van der Waals surface area contributed by atoms with Crippen molar-refractivity contribution >= 4 is 17.7 Å². The van der Waals surface area contributed by atoms with Gasteiger partial charge in [0.1, 0.15) is 5.69 Å². The lowest BCUT2D eigenvalue weighted by Crippen LogP contribution is -2.22. The quantitative estimate of drug-likeness (QED) is 0.757. The molecule has 1 aromatic rings. The minimum absolute atomic E-state index is 0.225. The van der Waals surface area contributed by atoms with E-state index in [1.807, 2.05) is 0 Å². The van der Waals surface area contributed by atoms with Crippen LogP contribution in [0, 0.1) is 0 Å². The Kier molecular flexibility index (Phi) is 3.22. The number of hydrogen-bond donors (Lipinski definition) is 2. The molecule has 0 saturated carbocycles. The van der Waals surface area contributed by atoms with Crippen LogP contribution in [0.2, 0.25) is 0 Å². The summed E-state index contributed by atoms with van der Waals surface area (Å²) in [4.78, 5) is 26.9. The van der Waals surface area contributed by atoms with E-state index >= 15 is 0 Å². The largest absolute Gasteiger partial charge is 0.465 e. The van der Waals surface area contributed by atoms with E-state index < -0.39 is 6.09 Å². The lowest BCUT2D eigenvalue weighted by molar-refractivity contribution is 0.0822. The van der Waals surface area contributed by atoms with E-state index in [1.54, 1.807) is 14.1 Å². The van der Waals surface area contributed by atoms with Crippen molar-refractivity contribution in [2.24, 2.45) is 0 Å². The smallest absolute Gasteiger partial charge is 0.409 e. The van der Waals surface area contributed by atoms with Crippen LogP contribution < -0.4 is 5.32 Å². The first kappa shape index (κ1) is 11.0. The Labute approximate surface area is 86.5 Å². The zero-order valence-corrected chi connectivity index (χ0v) is 8.39. The third-order valence-electron chi connectivity index (χ3n) is 1.64. The van der Waals surface area contributed by atoms with E-state index in [9.17, 15) is 9.59 Å². The fourth-order valence-corrected chi connectivity index (χ4v) is 0.947. The van der Waals surface area contributed by atoms with Gasteiger partial charge in [-0.1, -0.05) is 0 Å². The molecule has 0 unspecified atom stereocenters. The molecule has 1 aromatic heterocycles. The highest BCUT2D eigenvalue weighted by atomic mass is 16.4. The summed E-state index contributed by atoms with van der Waals surface area (Å²) in [5.74, 6) is -0.225. The van der Waals surface area contributed by atoms with Crippen LogP contribution in [0.15, 0.2) is 18.3 Å². The molecule has 0 spiro atoms. The number of carbonyl (C=O) groups excluding carboxylic acids is 1. The predicted molar refractivity (Wildman–Crippen MR) is 53.9 cm³/mol. The number of pyridine rings is 1. The summed E-state index contributed by atoms with van der Waals surface area (Å²) in [6, 6.07) is 2.95. The van der Waals surface area contributed by atoms with Crippen LogP contribution in [-0.4, -0.2) is 41.1 Å². The van der Waals surface area contributed by atoms with Crippen molar-refractivity contribution in [1.82, 2.24) is 9.88 Å². The number of nitrogens with zero attached hydrogens (tertiary/aromatic N) is 2. The Morgan fingerprint density at radius 1 is 1.40 bits per heavy atom. The van der Waals surface area contributed by atoms with E-state index in [0.717, 1.165) is 0 Å². The van der Waals surface area contributed by atoms with Gasteiger partial charge in [0.2, 0.25) is 0 Å². The number of amides is 2. The van der Waals surface area contributed by atoms with Gasteiger partial charge in [-0.05, 0) is 12.1 Å². The number of hydrogen-bond acceptors (Lipinski definition) is 3.